The maximum absolute atomic E-state index is 8.66. The number of fused-ring (bicyclic) bond motifs is 7. The normalized spacial score (nSPS) is 13.2. The largest absolute Gasteiger partial charge is 0.307 e. The van der Waals surface area contributed by atoms with Crippen LogP contribution in [0.1, 0.15) is 6.85 Å². The number of rotatable bonds is 4. The summed E-state index contributed by atoms with van der Waals surface area (Å²) in [5.74, 6) is 0. The maximum atomic E-state index is 8.66. The van der Waals surface area contributed by atoms with Gasteiger partial charge in [-0.2, -0.15) is 0 Å². The lowest BCUT2D eigenvalue weighted by Crippen LogP contribution is -1.99. The van der Waals surface area contributed by atoms with Gasteiger partial charge in [-0.15, -0.1) is 0 Å². The summed E-state index contributed by atoms with van der Waals surface area (Å²) >= 11 is 0. The number of aromatic nitrogens is 2. The van der Waals surface area contributed by atoms with E-state index in [9.17, 15) is 0 Å². The Bertz CT molecular complexity index is 2730. The molecule has 0 aliphatic rings. The topological polar surface area (TPSA) is 9.86 Å². The van der Waals surface area contributed by atoms with Gasteiger partial charge in [-0.3, -0.25) is 0 Å². The number of benzene rings is 7. The Balaban J connectivity index is 1.37. The molecule has 2 heterocycles. The van der Waals surface area contributed by atoms with Crippen LogP contribution < -0.4 is 0 Å². The molecule has 2 heteroatoms. The highest BCUT2D eigenvalue weighted by Gasteiger charge is 2.21. The monoisotopic (exact) mass is 565 g/mol. The van der Waals surface area contributed by atoms with E-state index in [4.69, 9.17) is 6.85 Å². The van der Waals surface area contributed by atoms with Crippen LogP contribution in [0.3, 0.4) is 0 Å². The van der Waals surface area contributed by atoms with Gasteiger partial charge in [-0.1, -0.05) is 133 Å². The van der Waals surface area contributed by atoms with Gasteiger partial charge in [0.1, 0.15) is 0 Å². The Hall–Kier alpha value is -5.86. The van der Waals surface area contributed by atoms with Crippen molar-refractivity contribution in [3.63, 3.8) is 0 Å². The first-order valence-corrected chi connectivity index (χ1v) is 14.7. The van der Waals surface area contributed by atoms with Gasteiger partial charge in [0.2, 0.25) is 0 Å². The van der Waals surface area contributed by atoms with E-state index in [0.717, 1.165) is 66.1 Å². The molecule has 0 bridgehead atoms. The van der Waals surface area contributed by atoms with Crippen molar-refractivity contribution in [3.8, 4) is 33.6 Å². The lowest BCUT2D eigenvalue weighted by atomic mass is 10.1. The van der Waals surface area contributed by atoms with Gasteiger partial charge in [0.25, 0.3) is 0 Å². The second kappa shape index (κ2) is 9.86. The molecule has 0 unspecified atom stereocenters. The van der Waals surface area contributed by atoms with E-state index in [0.29, 0.717) is 5.56 Å². The van der Waals surface area contributed by atoms with Crippen molar-refractivity contribution in [2.75, 3.05) is 0 Å². The van der Waals surface area contributed by atoms with Gasteiger partial charge in [-0.25, -0.2) is 0 Å². The van der Waals surface area contributed by atoms with E-state index in [-0.39, 0.29) is 29.7 Å². The molecule has 0 amide bonds. The minimum Gasteiger partial charge on any atom is -0.307 e. The molecular weight excluding hydrogens is 532 g/mol. The predicted molar refractivity (Wildman–Crippen MR) is 186 cm³/mol. The fourth-order valence-corrected chi connectivity index (χ4v) is 6.67. The second-order valence-corrected chi connectivity index (χ2v) is 11.0. The van der Waals surface area contributed by atoms with E-state index in [2.05, 4.69) is 112 Å². The van der Waals surface area contributed by atoms with Crippen LogP contribution in [0, 0.1) is 0 Å². The van der Waals surface area contributed by atoms with Crippen molar-refractivity contribution >= 4 is 43.6 Å². The molecule has 206 valence electrons. The van der Waals surface area contributed by atoms with Crippen molar-refractivity contribution in [1.82, 2.24) is 9.13 Å². The lowest BCUT2D eigenvalue weighted by Gasteiger charge is -2.14. The summed E-state index contributed by atoms with van der Waals surface area (Å²) in [7, 11) is 0. The Morgan fingerprint density at radius 2 is 0.909 bits per heavy atom. The van der Waals surface area contributed by atoms with Crippen molar-refractivity contribution in [2.45, 2.75) is 0 Å². The second-order valence-electron chi connectivity index (χ2n) is 11.0. The Labute approximate surface area is 262 Å². The molecule has 0 saturated carbocycles. The number of hydrogen-bond donors (Lipinski definition) is 0. The zero-order valence-electron chi connectivity index (χ0n) is 28.7. The first-order valence-electron chi connectivity index (χ1n) is 17.2. The van der Waals surface area contributed by atoms with Gasteiger partial charge < -0.3 is 9.13 Å². The van der Waals surface area contributed by atoms with Crippen LogP contribution in [-0.4, -0.2) is 9.13 Å². The molecule has 0 N–H and O–H groups in total. The predicted octanol–water partition coefficient (Wildman–Crippen LogP) is 11.2. The Kier molecular flexibility index (Phi) is 4.51. The third kappa shape index (κ3) is 3.75. The molecule has 0 atom stereocenters. The maximum Gasteiger partial charge on any atom is 0.0788 e. The van der Waals surface area contributed by atoms with Crippen LogP contribution in [0.2, 0.25) is 0 Å². The Morgan fingerprint density at radius 3 is 1.57 bits per heavy atom. The molecule has 0 saturated heterocycles. The molecule has 0 spiro atoms. The standard InChI is InChI=1S/C42H28N2/c1-3-12-29(13-4-1)31-22-24-33(25-23-31)43-39-20-9-7-18-35(39)37-26-27-38-36-19-8-10-21-40(36)44(42(38)41(37)43)34-17-11-16-32(28-34)30-14-5-2-6-15-30/h1-28H/i2D,5D,6D,14D,15D. The molecule has 9 rings (SSSR count). The van der Waals surface area contributed by atoms with Crippen molar-refractivity contribution in [2.24, 2.45) is 0 Å². The summed E-state index contributed by atoms with van der Waals surface area (Å²) in [4.78, 5) is 0. The zero-order valence-corrected chi connectivity index (χ0v) is 23.7. The van der Waals surface area contributed by atoms with E-state index in [1.54, 1.807) is 0 Å². The highest BCUT2D eigenvalue weighted by molar-refractivity contribution is 6.23. The summed E-state index contributed by atoms with van der Waals surface area (Å²) < 4.78 is 46.6. The molecule has 2 aromatic heterocycles. The van der Waals surface area contributed by atoms with E-state index >= 15 is 0 Å². The molecule has 9 aromatic rings. The summed E-state index contributed by atoms with van der Waals surface area (Å²) in [6.45, 7) is 0. The van der Waals surface area contributed by atoms with Crippen LogP contribution in [0.25, 0.3) is 77.2 Å². The smallest absolute Gasteiger partial charge is 0.0788 e. The number of nitrogens with zero attached hydrogens (tertiary/aromatic N) is 2. The van der Waals surface area contributed by atoms with Crippen molar-refractivity contribution < 1.29 is 6.85 Å². The molecule has 0 radical (unpaired) electrons. The van der Waals surface area contributed by atoms with Crippen molar-refractivity contribution in [3.05, 3.63) is 170 Å². The molecule has 0 fully saturated rings. The first-order chi connectivity index (χ1) is 23.9. The molecule has 2 nitrogen and oxygen atoms in total. The van der Waals surface area contributed by atoms with Gasteiger partial charge in [0.05, 0.1) is 28.9 Å². The molecular formula is C42H28N2. The van der Waals surface area contributed by atoms with Gasteiger partial charge >= 0.3 is 0 Å². The third-order valence-electron chi connectivity index (χ3n) is 8.59. The summed E-state index contributed by atoms with van der Waals surface area (Å²) in [5.41, 5.74) is 9.14. The van der Waals surface area contributed by atoms with Crippen LogP contribution in [0.15, 0.2) is 170 Å². The van der Waals surface area contributed by atoms with Crippen LogP contribution >= 0.6 is 0 Å². The average Bonchev–Trinajstić information content (AvgIpc) is 3.67. The van der Waals surface area contributed by atoms with Gasteiger partial charge in [0, 0.05) is 32.9 Å². The Morgan fingerprint density at radius 1 is 0.364 bits per heavy atom. The SMILES string of the molecule is [2H]c1c([2H])c([2H])c(-c2cccc(-n3c4ccccc4c4ccc5c6ccccc6n(-c6ccc(-c7ccccc7)cc6)c5c43)c2)c([2H])c1[2H]. The highest BCUT2D eigenvalue weighted by atomic mass is 15.0. The number of para-hydroxylation sites is 2. The highest BCUT2D eigenvalue weighted by Crippen LogP contribution is 2.42. The summed E-state index contributed by atoms with van der Waals surface area (Å²) in [6.07, 6.45) is 0. The summed E-state index contributed by atoms with van der Waals surface area (Å²) in [5, 5.41) is 4.47. The molecule has 44 heavy (non-hydrogen) atoms. The molecule has 0 aliphatic carbocycles. The number of hydrogen-bond acceptors (Lipinski definition) is 0. The van der Waals surface area contributed by atoms with Crippen molar-refractivity contribution in [1.29, 1.82) is 0 Å². The lowest BCUT2D eigenvalue weighted by molar-refractivity contribution is 1.15. The van der Waals surface area contributed by atoms with Gasteiger partial charge in [0.15, 0.2) is 0 Å². The zero-order chi connectivity index (χ0) is 33.4. The first kappa shape index (κ1) is 20.1. The fraction of sp³-hybridized carbons (Fsp3) is 0. The molecule has 7 aromatic carbocycles. The average molecular weight is 566 g/mol. The van der Waals surface area contributed by atoms with E-state index < -0.39 is 6.04 Å². The van der Waals surface area contributed by atoms with Gasteiger partial charge in [-0.05, 0) is 58.7 Å². The fourth-order valence-electron chi connectivity index (χ4n) is 6.67. The minimum absolute atomic E-state index is 0.186. The van der Waals surface area contributed by atoms with E-state index in [1.807, 2.05) is 36.4 Å². The summed E-state index contributed by atoms with van der Waals surface area (Å²) in [6, 6.07) is 46.5. The van der Waals surface area contributed by atoms with Crippen LogP contribution in [0.5, 0.6) is 0 Å². The quantitative estimate of drug-likeness (QED) is 0.201. The van der Waals surface area contributed by atoms with Crippen LogP contribution in [0.4, 0.5) is 0 Å². The van der Waals surface area contributed by atoms with Crippen LogP contribution in [-0.2, 0) is 0 Å². The minimum atomic E-state index is -0.399. The third-order valence-corrected chi connectivity index (χ3v) is 8.59. The van der Waals surface area contributed by atoms with E-state index in [1.165, 1.54) is 0 Å². The molecule has 0 aliphatic heterocycles.